The van der Waals surface area contributed by atoms with Gasteiger partial charge in [0.25, 0.3) is 5.56 Å². The number of rotatable bonds is 2. The fraction of sp³-hybridized carbons (Fsp3) is 0.400. The highest BCUT2D eigenvalue weighted by molar-refractivity contribution is 7.98. The zero-order chi connectivity index (χ0) is 12.6. The molecule has 90 valence electrons. The Morgan fingerprint density at radius 2 is 2.12 bits per heavy atom. The molecule has 2 aromatic heterocycles. The molecule has 0 aliphatic carbocycles. The van der Waals surface area contributed by atoms with E-state index in [1.165, 1.54) is 22.5 Å². The Hall–Kier alpha value is -1.14. The van der Waals surface area contributed by atoms with Crippen LogP contribution in [0.3, 0.4) is 0 Å². The number of halogens is 1. The molecule has 0 fully saturated rings. The molecule has 2 aromatic rings. The lowest BCUT2D eigenvalue weighted by molar-refractivity contribution is 0.573. The maximum Gasteiger partial charge on any atom is 0.265 e. The second-order valence-corrected chi connectivity index (χ2v) is 4.86. The van der Waals surface area contributed by atoms with Gasteiger partial charge in [0.15, 0.2) is 10.8 Å². The first kappa shape index (κ1) is 12.3. The highest BCUT2D eigenvalue weighted by Gasteiger charge is 2.13. The van der Waals surface area contributed by atoms with Crippen molar-refractivity contribution in [2.75, 3.05) is 6.26 Å². The van der Waals surface area contributed by atoms with Gasteiger partial charge in [0.05, 0.1) is 0 Å². The number of fused-ring (bicyclic) bond motifs is 1. The van der Waals surface area contributed by atoms with Crippen LogP contribution in [0.15, 0.2) is 16.1 Å². The summed E-state index contributed by atoms with van der Waals surface area (Å²) >= 11 is 7.38. The number of nitrogens with zero attached hydrogens (tertiary/aromatic N) is 4. The minimum atomic E-state index is -0.206. The van der Waals surface area contributed by atoms with Crippen molar-refractivity contribution >= 4 is 34.4 Å². The molecule has 2 rings (SSSR count). The summed E-state index contributed by atoms with van der Waals surface area (Å²) in [4.78, 5) is 24.5. The Labute approximate surface area is 107 Å². The van der Waals surface area contributed by atoms with Crippen molar-refractivity contribution in [1.82, 2.24) is 19.5 Å². The molecule has 17 heavy (non-hydrogen) atoms. The van der Waals surface area contributed by atoms with Crippen molar-refractivity contribution in [1.29, 1.82) is 0 Å². The van der Waals surface area contributed by atoms with E-state index in [1.807, 2.05) is 20.1 Å². The fourth-order valence-corrected chi connectivity index (χ4v) is 2.18. The second-order valence-electron chi connectivity index (χ2n) is 3.74. The van der Waals surface area contributed by atoms with Gasteiger partial charge in [-0.15, -0.1) is 0 Å². The Morgan fingerprint density at radius 1 is 1.41 bits per heavy atom. The van der Waals surface area contributed by atoms with E-state index >= 15 is 0 Å². The van der Waals surface area contributed by atoms with Gasteiger partial charge >= 0.3 is 0 Å². The van der Waals surface area contributed by atoms with E-state index in [-0.39, 0.29) is 16.9 Å². The van der Waals surface area contributed by atoms with Crippen LogP contribution in [0.5, 0.6) is 0 Å². The van der Waals surface area contributed by atoms with E-state index in [1.54, 1.807) is 0 Å². The number of hydrogen-bond donors (Lipinski definition) is 0. The molecule has 0 aliphatic heterocycles. The first-order chi connectivity index (χ1) is 8.04. The van der Waals surface area contributed by atoms with E-state index < -0.39 is 0 Å². The smallest absolute Gasteiger partial charge is 0.265 e. The molecule has 0 saturated heterocycles. The van der Waals surface area contributed by atoms with Gasteiger partial charge in [0.1, 0.15) is 5.39 Å². The van der Waals surface area contributed by atoms with E-state index in [9.17, 15) is 4.79 Å². The van der Waals surface area contributed by atoms with E-state index in [4.69, 9.17) is 11.6 Å². The molecule has 0 aromatic carbocycles. The summed E-state index contributed by atoms with van der Waals surface area (Å²) in [6, 6.07) is -0.0490. The van der Waals surface area contributed by atoms with Gasteiger partial charge in [0.2, 0.25) is 5.28 Å². The normalized spacial score (nSPS) is 11.4. The number of thioether (sulfide) groups is 1. The molecule has 7 heteroatoms. The Kier molecular flexibility index (Phi) is 3.35. The standard InChI is InChI=1S/C10H11ClN4OS/c1-5(2)15-8(16)6-4-12-10(17-3)14-7(6)13-9(15)11/h4-5H,1-3H3. The summed E-state index contributed by atoms with van der Waals surface area (Å²) in [6.45, 7) is 3.75. The predicted molar refractivity (Wildman–Crippen MR) is 68.8 cm³/mol. The van der Waals surface area contributed by atoms with Crippen LogP contribution >= 0.6 is 23.4 Å². The van der Waals surface area contributed by atoms with Gasteiger partial charge in [-0.1, -0.05) is 11.8 Å². The maximum absolute atomic E-state index is 12.1. The van der Waals surface area contributed by atoms with Crippen molar-refractivity contribution in [3.8, 4) is 0 Å². The van der Waals surface area contributed by atoms with Gasteiger partial charge in [0, 0.05) is 12.2 Å². The van der Waals surface area contributed by atoms with Crippen LogP contribution in [-0.2, 0) is 0 Å². The molecule has 2 heterocycles. The van der Waals surface area contributed by atoms with E-state index in [2.05, 4.69) is 15.0 Å². The van der Waals surface area contributed by atoms with Crippen LogP contribution in [-0.4, -0.2) is 25.8 Å². The van der Waals surface area contributed by atoms with Crippen molar-refractivity contribution in [2.24, 2.45) is 0 Å². The van der Waals surface area contributed by atoms with Crippen LogP contribution in [0.4, 0.5) is 0 Å². The van der Waals surface area contributed by atoms with E-state index in [0.717, 1.165) is 0 Å². The maximum atomic E-state index is 12.1. The Balaban J connectivity index is 2.81. The third-order valence-corrected chi connectivity index (χ3v) is 3.12. The first-order valence-electron chi connectivity index (χ1n) is 5.03. The summed E-state index contributed by atoms with van der Waals surface area (Å²) in [5.74, 6) is 0. The molecule has 0 bridgehead atoms. The highest BCUT2D eigenvalue weighted by atomic mass is 35.5. The molecule has 0 aliphatic rings. The quantitative estimate of drug-likeness (QED) is 0.618. The third kappa shape index (κ3) is 2.14. The summed E-state index contributed by atoms with van der Waals surface area (Å²) in [5, 5.41) is 1.12. The molecule has 0 radical (unpaired) electrons. The highest BCUT2D eigenvalue weighted by Crippen LogP contribution is 2.15. The van der Waals surface area contributed by atoms with Crippen molar-refractivity contribution in [3.63, 3.8) is 0 Å². The van der Waals surface area contributed by atoms with Gasteiger partial charge < -0.3 is 0 Å². The van der Waals surface area contributed by atoms with Crippen LogP contribution in [0, 0.1) is 0 Å². The van der Waals surface area contributed by atoms with Crippen LogP contribution in [0.2, 0.25) is 5.28 Å². The first-order valence-corrected chi connectivity index (χ1v) is 6.63. The zero-order valence-electron chi connectivity index (χ0n) is 9.64. The topological polar surface area (TPSA) is 60.7 Å². The van der Waals surface area contributed by atoms with Crippen molar-refractivity contribution in [2.45, 2.75) is 25.0 Å². The third-order valence-electron chi connectivity index (χ3n) is 2.29. The SMILES string of the molecule is CSc1ncc2c(=O)n(C(C)C)c(Cl)nc2n1. The summed E-state index contributed by atoms with van der Waals surface area (Å²) < 4.78 is 1.42. The molecule has 5 nitrogen and oxygen atoms in total. The van der Waals surface area contributed by atoms with Gasteiger partial charge in [-0.25, -0.2) is 9.97 Å². The molecular weight excluding hydrogens is 260 g/mol. The number of hydrogen-bond acceptors (Lipinski definition) is 5. The molecule has 0 saturated carbocycles. The largest absolute Gasteiger partial charge is 0.280 e. The second kappa shape index (κ2) is 4.62. The zero-order valence-corrected chi connectivity index (χ0v) is 11.2. The minimum absolute atomic E-state index is 0.0490. The molecule has 0 unspecified atom stereocenters. The lowest BCUT2D eigenvalue weighted by Crippen LogP contribution is -2.24. The van der Waals surface area contributed by atoms with E-state index in [0.29, 0.717) is 16.2 Å². The summed E-state index contributed by atoms with van der Waals surface area (Å²) in [7, 11) is 0. The van der Waals surface area contributed by atoms with Gasteiger partial charge in [-0.05, 0) is 31.7 Å². The monoisotopic (exact) mass is 270 g/mol. The fourth-order valence-electron chi connectivity index (χ4n) is 1.49. The van der Waals surface area contributed by atoms with Crippen LogP contribution in [0.1, 0.15) is 19.9 Å². The average molecular weight is 271 g/mol. The number of aromatic nitrogens is 4. The van der Waals surface area contributed by atoms with Gasteiger partial charge in [-0.3, -0.25) is 9.36 Å². The van der Waals surface area contributed by atoms with Crippen LogP contribution in [0.25, 0.3) is 11.0 Å². The lowest BCUT2D eigenvalue weighted by atomic mass is 10.3. The van der Waals surface area contributed by atoms with Gasteiger partial charge in [-0.2, -0.15) is 4.98 Å². The molecule has 0 N–H and O–H groups in total. The lowest BCUT2D eigenvalue weighted by Gasteiger charge is -2.11. The Bertz CT molecular complexity index is 625. The van der Waals surface area contributed by atoms with Crippen LogP contribution < -0.4 is 5.56 Å². The molecule has 0 spiro atoms. The van der Waals surface area contributed by atoms with Crippen molar-refractivity contribution < 1.29 is 0 Å². The minimum Gasteiger partial charge on any atom is -0.280 e. The molecule has 0 amide bonds. The van der Waals surface area contributed by atoms with Crippen molar-refractivity contribution in [3.05, 3.63) is 21.8 Å². The summed E-state index contributed by atoms with van der Waals surface area (Å²) in [5.41, 5.74) is 0.138. The summed E-state index contributed by atoms with van der Waals surface area (Å²) in [6.07, 6.45) is 3.36. The molecule has 0 atom stereocenters. The Morgan fingerprint density at radius 3 is 2.71 bits per heavy atom. The molecular formula is C10H11ClN4OS. The average Bonchev–Trinajstić information content (AvgIpc) is 2.27. The predicted octanol–water partition coefficient (Wildman–Crippen LogP) is 2.14.